The molecule has 0 spiro atoms. The van der Waals surface area contributed by atoms with Gasteiger partial charge in [-0.15, -0.1) is 0 Å². The summed E-state index contributed by atoms with van der Waals surface area (Å²) in [5.74, 6) is -1.08. The van der Waals surface area contributed by atoms with Gasteiger partial charge < -0.3 is 10.3 Å². The van der Waals surface area contributed by atoms with Crippen LogP contribution in [0, 0.1) is 19.7 Å². The minimum atomic E-state index is -0.639. The summed E-state index contributed by atoms with van der Waals surface area (Å²) in [6.45, 7) is 3.49. The maximum absolute atomic E-state index is 13.0. The molecule has 0 radical (unpaired) electrons. The van der Waals surface area contributed by atoms with E-state index in [0.29, 0.717) is 11.3 Å². The zero-order valence-electron chi connectivity index (χ0n) is 9.82. The molecule has 2 aromatic heterocycles. The fourth-order valence-corrected chi connectivity index (χ4v) is 1.33. The van der Waals surface area contributed by atoms with Crippen molar-refractivity contribution in [3.05, 3.63) is 34.9 Å². The number of carbonyl (C=O) groups excluding carboxylic acids is 1. The van der Waals surface area contributed by atoms with Gasteiger partial charge in [0, 0.05) is 5.56 Å². The van der Waals surface area contributed by atoms with Gasteiger partial charge in [0.15, 0.2) is 0 Å². The highest BCUT2D eigenvalue weighted by atomic mass is 19.1. The maximum Gasteiger partial charge on any atom is 0.261 e. The van der Waals surface area contributed by atoms with Gasteiger partial charge in [0.1, 0.15) is 11.6 Å². The zero-order chi connectivity index (χ0) is 13.3. The second-order valence-electron chi connectivity index (χ2n) is 3.76. The highest BCUT2D eigenvalue weighted by Gasteiger charge is 2.16. The van der Waals surface area contributed by atoms with Crippen LogP contribution in [0.1, 0.15) is 21.6 Å². The lowest BCUT2D eigenvalue weighted by Gasteiger charge is -2.04. The van der Waals surface area contributed by atoms with Crippen molar-refractivity contribution >= 4 is 17.6 Å². The van der Waals surface area contributed by atoms with Gasteiger partial charge in [-0.3, -0.25) is 10.1 Å². The first-order valence-electron chi connectivity index (χ1n) is 5.14. The Morgan fingerprint density at radius 1 is 1.50 bits per heavy atom. The molecule has 2 aromatic rings. The van der Waals surface area contributed by atoms with Crippen molar-refractivity contribution in [2.45, 2.75) is 13.8 Å². The van der Waals surface area contributed by atoms with Crippen LogP contribution in [0.15, 0.2) is 16.8 Å². The van der Waals surface area contributed by atoms with Crippen LogP contribution in [0.4, 0.5) is 16.1 Å². The number of nitrogens with two attached hydrogens (primary N) is 1. The average molecular weight is 250 g/mol. The van der Waals surface area contributed by atoms with Crippen LogP contribution in [0.2, 0.25) is 0 Å². The van der Waals surface area contributed by atoms with E-state index in [-0.39, 0.29) is 17.3 Å². The average Bonchev–Trinajstić information content (AvgIpc) is 2.64. The third-order valence-electron chi connectivity index (χ3n) is 2.51. The Morgan fingerprint density at radius 2 is 2.22 bits per heavy atom. The largest absolute Gasteiger partial charge is 0.383 e. The normalized spacial score (nSPS) is 10.4. The summed E-state index contributed by atoms with van der Waals surface area (Å²) in [6, 6.07) is 1.01. The van der Waals surface area contributed by atoms with Crippen LogP contribution in [0.3, 0.4) is 0 Å². The van der Waals surface area contributed by atoms with E-state index in [2.05, 4.69) is 15.5 Å². The Kier molecular flexibility index (Phi) is 2.97. The number of hydrogen-bond acceptors (Lipinski definition) is 5. The first-order valence-corrected chi connectivity index (χ1v) is 5.14. The van der Waals surface area contributed by atoms with Gasteiger partial charge in [0.2, 0.25) is 5.88 Å². The number of aromatic nitrogens is 2. The van der Waals surface area contributed by atoms with E-state index in [1.54, 1.807) is 13.8 Å². The second-order valence-corrected chi connectivity index (χ2v) is 3.76. The number of anilines is 2. The van der Waals surface area contributed by atoms with E-state index in [0.717, 1.165) is 12.3 Å². The molecule has 0 saturated heterocycles. The number of rotatable bonds is 2. The number of nitrogen functional groups attached to an aromatic ring is 1. The Labute approximate surface area is 102 Å². The van der Waals surface area contributed by atoms with E-state index < -0.39 is 11.7 Å². The molecule has 7 heteroatoms. The van der Waals surface area contributed by atoms with Gasteiger partial charge in [-0.1, -0.05) is 5.16 Å². The van der Waals surface area contributed by atoms with Crippen molar-refractivity contribution in [2.75, 3.05) is 11.1 Å². The molecule has 0 fully saturated rings. The summed E-state index contributed by atoms with van der Waals surface area (Å²) in [5.41, 5.74) is 6.81. The maximum atomic E-state index is 13.0. The molecular weight excluding hydrogens is 239 g/mol. The van der Waals surface area contributed by atoms with Gasteiger partial charge in [-0.2, -0.15) is 0 Å². The molecule has 0 aliphatic carbocycles. The predicted molar refractivity (Wildman–Crippen MR) is 62.5 cm³/mol. The molecule has 6 nitrogen and oxygen atoms in total. The summed E-state index contributed by atoms with van der Waals surface area (Å²) in [5, 5.41) is 6.15. The van der Waals surface area contributed by atoms with Crippen molar-refractivity contribution in [1.82, 2.24) is 10.1 Å². The molecular formula is C11H11FN4O2. The van der Waals surface area contributed by atoms with Crippen molar-refractivity contribution in [3.8, 4) is 0 Å². The second kappa shape index (κ2) is 4.44. The number of pyridine rings is 1. The monoisotopic (exact) mass is 250 g/mol. The van der Waals surface area contributed by atoms with Gasteiger partial charge in [0.25, 0.3) is 5.91 Å². The molecule has 1 amide bonds. The molecule has 0 aliphatic rings. The standard InChI is InChI=1S/C11H11FN4O2/c1-5-6(2)16-18-11(5)15-10(17)8-3-7(12)4-14-9(8)13/h3-4H,1-2H3,(H2,13,14)(H,15,17). The third kappa shape index (κ3) is 2.15. The quantitative estimate of drug-likeness (QED) is 0.845. The Bertz CT molecular complexity index is 609. The van der Waals surface area contributed by atoms with Crippen molar-refractivity contribution in [3.63, 3.8) is 0 Å². The van der Waals surface area contributed by atoms with E-state index in [9.17, 15) is 9.18 Å². The number of nitrogens with zero attached hydrogens (tertiary/aromatic N) is 2. The minimum absolute atomic E-state index is 0.0524. The summed E-state index contributed by atoms with van der Waals surface area (Å²) in [7, 11) is 0. The SMILES string of the molecule is Cc1noc(NC(=O)c2cc(F)cnc2N)c1C. The van der Waals surface area contributed by atoms with Crippen LogP contribution in [-0.2, 0) is 0 Å². The fourth-order valence-electron chi connectivity index (χ4n) is 1.33. The molecule has 0 atom stereocenters. The number of halogens is 1. The van der Waals surface area contributed by atoms with Crippen LogP contribution in [0.25, 0.3) is 0 Å². The van der Waals surface area contributed by atoms with Crippen LogP contribution in [-0.4, -0.2) is 16.0 Å². The van der Waals surface area contributed by atoms with E-state index in [1.807, 2.05) is 0 Å². The summed E-state index contributed by atoms with van der Waals surface area (Å²) < 4.78 is 17.9. The summed E-state index contributed by atoms with van der Waals surface area (Å²) in [6.07, 6.45) is 0.940. The molecule has 0 aromatic carbocycles. The first-order chi connectivity index (χ1) is 8.49. The zero-order valence-corrected chi connectivity index (χ0v) is 9.82. The molecule has 0 aliphatic heterocycles. The van der Waals surface area contributed by atoms with Crippen molar-refractivity contribution in [2.24, 2.45) is 0 Å². The summed E-state index contributed by atoms with van der Waals surface area (Å²) in [4.78, 5) is 15.4. The minimum Gasteiger partial charge on any atom is -0.383 e. The molecule has 0 bridgehead atoms. The highest BCUT2D eigenvalue weighted by molar-refractivity contribution is 6.06. The highest BCUT2D eigenvalue weighted by Crippen LogP contribution is 2.19. The molecule has 0 unspecified atom stereocenters. The van der Waals surface area contributed by atoms with Gasteiger partial charge in [-0.25, -0.2) is 9.37 Å². The summed E-state index contributed by atoms with van der Waals surface area (Å²) >= 11 is 0. The van der Waals surface area contributed by atoms with E-state index >= 15 is 0 Å². The number of aryl methyl sites for hydroxylation is 1. The Balaban J connectivity index is 2.27. The smallest absolute Gasteiger partial charge is 0.261 e. The van der Waals surface area contributed by atoms with Gasteiger partial charge >= 0.3 is 0 Å². The predicted octanol–water partition coefficient (Wildman–Crippen LogP) is 1.66. The third-order valence-corrected chi connectivity index (χ3v) is 2.51. The number of nitrogens with one attached hydrogen (secondary N) is 1. The molecule has 18 heavy (non-hydrogen) atoms. The van der Waals surface area contributed by atoms with Crippen molar-refractivity contribution in [1.29, 1.82) is 0 Å². The molecule has 94 valence electrons. The van der Waals surface area contributed by atoms with Crippen molar-refractivity contribution < 1.29 is 13.7 Å². The van der Waals surface area contributed by atoms with Crippen LogP contribution in [0.5, 0.6) is 0 Å². The number of amides is 1. The van der Waals surface area contributed by atoms with Gasteiger partial charge in [0.05, 0.1) is 17.5 Å². The van der Waals surface area contributed by atoms with Gasteiger partial charge in [-0.05, 0) is 19.9 Å². The van der Waals surface area contributed by atoms with Crippen LogP contribution < -0.4 is 11.1 Å². The lowest BCUT2D eigenvalue weighted by atomic mass is 10.2. The first kappa shape index (κ1) is 12.0. The van der Waals surface area contributed by atoms with E-state index in [1.165, 1.54) is 0 Å². The topological polar surface area (TPSA) is 94.0 Å². The lowest BCUT2D eigenvalue weighted by Crippen LogP contribution is -2.15. The van der Waals surface area contributed by atoms with Crippen LogP contribution >= 0.6 is 0 Å². The number of carbonyl (C=O) groups is 1. The molecule has 0 saturated carbocycles. The number of hydrogen-bond donors (Lipinski definition) is 2. The fraction of sp³-hybridized carbons (Fsp3) is 0.182. The Morgan fingerprint density at radius 3 is 2.83 bits per heavy atom. The Hall–Kier alpha value is -2.44. The lowest BCUT2D eigenvalue weighted by molar-refractivity contribution is 0.102. The van der Waals surface area contributed by atoms with E-state index in [4.69, 9.17) is 10.3 Å². The molecule has 2 rings (SSSR count). The molecule has 2 heterocycles. The molecule has 3 N–H and O–H groups in total.